The second-order valence-electron chi connectivity index (χ2n) is 17.5. The second-order valence-corrected chi connectivity index (χ2v) is 17.5. The summed E-state index contributed by atoms with van der Waals surface area (Å²) in [6, 6.07) is -0.700. The summed E-state index contributed by atoms with van der Waals surface area (Å²) in [6.45, 7) is 6.37. The zero-order valence-electron chi connectivity index (χ0n) is 39.4. The molecule has 59 heavy (non-hydrogen) atoms. The van der Waals surface area contributed by atoms with Gasteiger partial charge in [0.15, 0.2) is 0 Å². The molecule has 1 amide bonds. The quantitative estimate of drug-likeness (QED) is 0.0323. The highest BCUT2D eigenvalue weighted by atomic mass is 16.5. The van der Waals surface area contributed by atoms with Crippen LogP contribution in [0.25, 0.3) is 0 Å². The summed E-state index contributed by atoms with van der Waals surface area (Å²) in [7, 11) is 0. The fourth-order valence-corrected chi connectivity index (χ4v) is 7.86. The molecule has 0 heterocycles. The maximum atomic E-state index is 13.2. The molecule has 0 radical (unpaired) electrons. The zero-order valence-corrected chi connectivity index (χ0v) is 39.4. The van der Waals surface area contributed by atoms with E-state index in [0.29, 0.717) is 19.3 Å². The van der Waals surface area contributed by atoms with Crippen molar-refractivity contribution in [3.63, 3.8) is 0 Å². The van der Waals surface area contributed by atoms with Gasteiger partial charge in [-0.05, 0) is 57.8 Å². The van der Waals surface area contributed by atoms with Crippen molar-refractivity contribution in [1.29, 1.82) is 0 Å². The van der Waals surface area contributed by atoms with Crippen LogP contribution in [-0.4, -0.2) is 46.9 Å². The van der Waals surface area contributed by atoms with E-state index in [1.54, 1.807) is 0 Å². The van der Waals surface area contributed by atoms with Gasteiger partial charge >= 0.3 is 5.97 Å². The lowest BCUT2D eigenvalue weighted by Gasteiger charge is -2.24. The normalized spacial score (nSPS) is 13.5. The number of aliphatic hydroxyl groups is 2. The number of unbranched alkanes of at least 4 members (excludes halogenated alkanes) is 28. The van der Waals surface area contributed by atoms with Gasteiger partial charge < -0.3 is 20.3 Å². The maximum absolute atomic E-state index is 13.2. The Morgan fingerprint density at radius 2 is 0.915 bits per heavy atom. The summed E-state index contributed by atoms with van der Waals surface area (Å²) < 4.78 is 5.91. The minimum atomic E-state index is -0.786. The standard InChI is InChI=1S/C53H99NO5/c1-4-7-10-13-16-19-21-23-25-27-29-31-34-37-40-43-46-53(58)59-49(44-41-38-35-32-18-15-12-9-6-3)47-52(57)54-50(48-55)51(56)45-42-39-36-33-30-28-26-24-22-20-17-14-11-8-5-2/h7,10,16,19,23,25,49-51,55-56H,4-6,8-9,11-15,17-18,20-22,24,26-48H2,1-3H3,(H,54,57)/b10-7+,19-16+,25-23+. The van der Waals surface area contributed by atoms with Crippen molar-refractivity contribution >= 4 is 11.9 Å². The Kier molecular flexibility index (Phi) is 45.6. The first-order valence-electron chi connectivity index (χ1n) is 25.7. The third-order valence-electron chi connectivity index (χ3n) is 11.7. The van der Waals surface area contributed by atoms with Crippen LogP contribution in [0, 0.1) is 0 Å². The monoisotopic (exact) mass is 830 g/mol. The van der Waals surface area contributed by atoms with Crippen LogP contribution in [-0.2, 0) is 14.3 Å². The Bertz CT molecular complexity index is 977. The second kappa shape index (κ2) is 47.1. The molecule has 0 aliphatic carbocycles. The Hall–Kier alpha value is -1.92. The number of aliphatic hydroxyl groups excluding tert-OH is 2. The number of ether oxygens (including phenoxy) is 1. The molecule has 0 aromatic carbocycles. The summed E-state index contributed by atoms with van der Waals surface area (Å²) >= 11 is 0. The lowest BCUT2D eigenvalue weighted by molar-refractivity contribution is -0.151. The summed E-state index contributed by atoms with van der Waals surface area (Å²) in [5.74, 6) is -0.481. The highest BCUT2D eigenvalue weighted by Gasteiger charge is 2.24. The highest BCUT2D eigenvalue weighted by molar-refractivity contribution is 5.77. The molecular weight excluding hydrogens is 731 g/mol. The molecule has 3 atom stereocenters. The predicted molar refractivity (Wildman–Crippen MR) is 255 cm³/mol. The van der Waals surface area contributed by atoms with Gasteiger partial charge in [0.05, 0.1) is 25.2 Å². The van der Waals surface area contributed by atoms with Gasteiger partial charge in [-0.1, -0.05) is 231 Å². The van der Waals surface area contributed by atoms with E-state index in [0.717, 1.165) is 70.6 Å². The molecule has 346 valence electrons. The van der Waals surface area contributed by atoms with Crippen LogP contribution in [0.5, 0.6) is 0 Å². The average Bonchev–Trinajstić information content (AvgIpc) is 3.23. The van der Waals surface area contributed by atoms with Crippen LogP contribution >= 0.6 is 0 Å². The molecule has 6 heteroatoms. The molecule has 0 bridgehead atoms. The van der Waals surface area contributed by atoms with Crippen molar-refractivity contribution in [3.8, 4) is 0 Å². The molecule has 0 saturated carbocycles. The number of carbonyl (C=O) groups excluding carboxylic acids is 2. The van der Waals surface area contributed by atoms with Crippen molar-refractivity contribution in [2.24, 2.45) is 0 Å². The van der Waals surface area contributed by atoms with Gasteiger partial charge in [0.25, 0.3) is 0 Å². The number of hydrogen-bond donors (Lipinski definition) is 3. The first-order chi connectivity index (χ1) is 29.0. The SMILES string of the molecule is CC/C=C/C/C=C/C/C=C/CCCCCCCCC(=O)OC(CCCCCCCCCCC)CC(=O)NC(CO)C(O)CCCCCCCCCCCCCCCCC. The molecule has 0 aliphatic rings. The molecule has 0 aromatic rings. The van der Waals surface area contributed by atoms with E-state index in [4.69, 9.17) is 4.74 Å². The van der Waals surface area contributed by atoms with E-state index < -0.39 is 18.2 Å². The van der Waals surface area contributed by atoms with E-state index in [2.05, 4.69) is 62.5 Å². The molecule has 0 spiro atoms. The third-order valence-corrected chi connectivity index (χ3v) is 11.7. The molecule has 3 N–H and O–H groups in total. The summed E-state index contributed by atoms with van der Waals surface area (Å²) in [5.41, 5.74) is 0. The van der Waals surface area contributed by atoms with Gasteiger partial charge in [0, 0.05) is 6.42 Å². The van der Waals surface area contributed by atoms with Crippen LogP contribution in [0.4, 0.5) is 0 Å². The number of rotatable bonds is 46. The van der Waals surface area contributed by atoms with Gasteiger partial charge in [-0.15, -0.1) is 0 Å². The van der Waals surface area contributed by atoms with Crippen LogP contribution in [0.1, 0.15) is 265 Å². The maximum Gasteiger partial charge on any atom is 0.306 e. The van der Waals surface area contributed by atoms with E-state index >= 15 is 0 Å². The number of hydrogen-bond acceptors (Lipinski definition) is 5. The van der Waals surface area contributed by atoms with E-state index in [9.17, 15) is 19.8 Å². The van der Waals surface area contributed by atoms with Crippen molar-refractivity contribution in [3.05, 3.63) is 36.5 Å². The number of esters is 1. The molecule has 0 aliphatic heterocycles. The number of nitrogens with one attached hydrogen (secondary N) is 1. The van der Waals surface area contributed by atoms with Crippen molar-refractivity contribution in [2.45, 2.75) is 283 Å². The average molecular weight is 830 g/mol. The molecule has 0 saturated heterocycles. The lowest BCUT2D eigenvalue weighted by atomic mass is 10.0. The van der Waals surface area contributed by atoms with E-state index in [-0.39, 0.29) is 24.9 Å². The Morgan fingerprint density at radius 1 is 0.508 bits per heavy atom. The fourth-order valence-electron chi connectivity index (χ4n) is 7.86. The number of amides is 1. The van der Waals surface area contributed by atoms with Gasteiger partial charge in [-0.3, -0.25) is 9.59 Å². The topological polar surface area (TPSA) is 95.9 Å². The summed E-state index contributed by atoms with van der Waals surface area (Å²) in [6.07, 6.45) is 54.9. The Balaban J connectivity index is 4.45. The predicted octanol–water partition coefficient (Wildman–Crippen LogP) is 15.3. The van der Waals surface area contributed by atoms with Crippen molar-refractivity contribution in [1.82, 2.24) is 5.32 Å². The van der Waals surface area contributed by atoms with Gasteiger partial charge in [0.2, 0.25) is 5.91 Å². The van der Waals surface area contributed by atoms with Gasteiger partial charge in [-0.25, -0.2) is 0 Å². The fraction of sp³-hybridized carbons (Fsp3) is 0.849. The van der Waals surface area contributed by atoms with Gasteiger partial charge in [0.1, 0.15) is 6.10 Å². The zero-order chi connectivity index (χ0) is 43.1. The number of allylic oxidation sites excluding steroid dienone is 6. The molecule has 0 rings (SSSR count). The van der Waals surface area contributed by atoms with Crippen LogP contribution < -0.4 is 5.32 Å². The molecule has 3 unspecified atom stereocenters. The molecule has 0 aromatic heterocycles. The molecular formula is C53H99NO5. The summed E-state index contributed by atoms with van der Waals surface area (Å²) in [5, 5.41) is 23.7. The van der Waals surface area contributed by atoms with Crippen molar-refractivity contribution in [2.75, 3.05) is 6.61 Å². The van der Waals surface area contributed by atoms with Crippen LogP contribution in [0.15, 0.2) is 36.5 Å². The first kappa shape index (κ1) is 57.1. The minimum absolute atomic E-state index is 0.0754. The van der Waals surface area contributed by atoms with Crippen molar-refractivity contribution < 1.29 is 24.5 Å². The largest absolute Gasteiger partial charge is 0.462 e. The Morgan fingerprint density at radius 3 is 1.39 bits per heavy atom. The molecule has 0 fully saturated rings. The lowest BCUT2D eigenvalue weighted by Crippen LogP contribution is -2.46. The third kappa shape index (κ3) is 42.6. The minimum Gasteiger partial charge on any atom is -0.462 e. The van der Waals surface area contributed by atoms with E-state index in [1.807, 2.05) is 0 Å². The first-order valence-corrected chi connectivity index (χ1v) is 25.7. The summed E-state index contributed by atoms with van der Waals surface area (Å²) in [4.78, 5) is 26.1. The van der Waals surface area contributed by atoms with Gasteiger partial charge in [-0.2, -0.15) is 0 Å². The van der Waals surface area contributed by atoms with Crippen LogP contribution in [0.2, 0.25) is 0 Å². The number of carbonyl (C=O) groups is 2. The van der Waals surface area contributed by atoms with Crippen LogP contribution in [0.3, 0.4) is 0 Å². The van der Waals surface area contributed by atoms with E-state index in [1.165, 1.54) is 148 Å². The molecule has 6 nitrogen and oxygen atoms in total. The highest BCUT2D eigenvalue weighted by Crippen LogP contribution is 2.18. The smallest absolute Gasteiger partial charge is 0.306 e. The Labute approximate surface area is 366 Å².